The van der Waals surface area contributed by atoms with Crippen molar-refractivity contribution in [3.05, 3.63) is 16.1 Å². The summed E-state index contributed by atoms with van der Waals surface area (Å²) in [6, 6.07) is -1.61. The molecule has 0 saturated carbocycles. The Morgan fingerprint density at radius 1 is 1.52 bits per heavy atom. The number of thiazole rings is 1. The molecule has 21 heavy (non-hydrogen) atoms. The normalized spacial score (nSPS) is 14.4. The van der Waals surface area contributed by atoms with Gasteiger partial charge in [-0.2, -0.15) is 0 Å². The number of aliphatic carboxylic acids is 1. The van der Waals surface area contributed by atoms with E-state index in [1.165, 1.54) is 16.7 Å². The molecule has 8 nitrogen and oxygen atoms in total. The van der Waals surface area contributed by atoms with Crippen molar-refractivity contribution in [2.24, 2.45) is 5.73 Å². The third kappa shape index (κ3) is 5.78. The van der Waals surface area contributed by atoms with Crippen molar-refractivity contribution in [1.29, 1.82) is 0 Å². The molecule has 0 spiro atoms. The Labute approximate surface area is 126 Å². The summed E-state index contributed by atoms with van der Waals surface area (Å²) < 4.78 is 22.1. The van der Waals surface area contributed by atoms with Crippen LogP contribution >= 0.6 is 11.3 Å². The van der Waals surface area contributed by atoms with Gasteiger partial charge in [0, 0.05) is 11.6 Å². The van der Waals surface area contributed by atoms with Gasteiger partial charge in [-0.1, -0.05) is 0 Å². The topological polar surface area (TPSA) is 139 Å². The van der Waals surface area contributed by atoms with Crippen LogP contribution in [-0.2, 0) is 14.6 Å². The van der Waals surface area contributed by atoms with Crippen molar-refractivity contribution in [3.8, 4) is 0 Å². The summed E-state index contributed by atoms with van der Waals surface area (Å²) in [6.45, 7) is 1.71. The van der Waals surface area contributed by atoms with Crippen LogP contribution in [0.25, 0.3) is 0 Å². The van der Waals surface area contributed by atoms with Crippen LogP contribution in [0.4, 0.5) is 0 Å². The number of aromatic nitrogens is 1. The first-order valence-electron chi connectivity index (χ1n) is 6.02. The Bertz CT molecular complexity index is 624. The summed E-state index contributed by atoms with van der Waals surface area (Å²) in [5, 5.41) is 13.3. The molecule has 10 heteroatoms. The molecule has 0 fully saturated rings. The zero-order chi connectivity index (χ0) is 16.2. The minimum absolute atomic E-state index is 0.0675. The van der Waals surface area contributed by atoms with Crippen molar-refractivity contribution in [3.63, 3.8) is 0 Å². The predicted molar refractivity (Wildman–Crippen MR) is 77.9 cm³/mol. The van der Waals surface area contributed by atoms with Gasteiger partial charge in [0.25, 0.3) is 5.91 Å². The average Bonchev–Trinajstić information content (AvgIpc) is 2.82. The van der Waals surface area contributed by atoms with E-state index in [9.17, 15) is 18.0 Å². The lowest BCUT2D eigenvalue weighted by molar-refractivity contribution is -0.139. The first-order valence-corrected chi connectivity index (χ1v) is 8.96. The number of rotatable bonds is 7. The molecule has 4 N–H and O–H groups in total. The number of carbonyl (C=O) groups excluding carboxylic acids is 1. The quantitative estimate of drug-likeness (QED) is 0.626. The summed E-state index contributed by atoms with van der Waals surface area (Å²) in [4.78, 5) is 26.9. The van der Waals surface area contributed by atoms with Gasteiger partial charge in [0.05, 0.1) is 11.8 Å². The number of sulfone groups is 1. The summed E-state index contributed by atoms with van der Waals surface area (Å²) in [7, 11) is -3.30. The van der Waals surface area contributed by atoms with E-state index < -0.39 is 27.8 Å². The first kappa shape index (κ1) is 17.5. The molecule has 1 heterocycles. The van der Waals surface area contributed by atoms with E-state index in [2.05, 4.69) is 10.3 Å². The second-order valence-electron chi connectivity index (χ2n) is 4.64. The molecule has 0 aromatic carbocycles. The maximum atomic E-state index is 11.9. The first-order chi connectivity index (χ1) is 9.60. The summed E-state index contributed by atoms with van der Waals surface area (Å²) in [5.41, 5.74) is 5.70. The fourth-order valence-corrected chi connectivity index (χ4v) is 2.84. The lowest BCUT2D eigenvalue weighted by Gasteiger charge is -2.13. The van der Waals surface area contributed by atoms with Gasteiger partial charge >= 0.3 is 5.97 Å². The number of nitrogens with zero attached hydrogens (tertiary/aromatic N) is 1. The van der Waals surface area contributed by atoms with Crippen LogP contribution in [0.5, 0.6) is 0 Å². The lowest BCUT2D eigenvalue weighted by Crippen LogP contribution is -2.42. The lowest BCUT2D eigenvalue weighted by atomic mass is 10.2. The second-order valence-corrected chi connectivity index (χ2v) is 7.79. The highest BCUT2D eigenvalue weighted by molar-refractivity contribution is 7.90. The molecule has 0 aliphatic rings. The van der Waals surface area contributed by atoms with Gasteiger partial charge in [0.2, 0.25) is 0 Å². The Hall–Kier alpha value is -1.52. The minimum atomic E-state index is -3.30. The Kier molecular flexibility index (Phi) is 5.81. The maximum Gasteiger partial charge on any atom is 0.326 e. The van der Waals surface area contributed by atoms with Gasteiger partial charge in [0.15, 0.2) is 0 Å². The van der Waals surface area contributed by atoms with Crippen LogP contribution < -0.4 is 11.1 Å². The highest BCUT2D eigenvalue weighted by atomic mass is 32.2. The summed E-state index contributed by atoms with van der Waals surface area (Å²) in [6.07, 6.45) is 0.799. The summed E-state index contributed by atoms with van der Waals surface area (Å²) in [5.74, 6) is -2.29. The second kappa shape index (κ2) is 6.96. The average molecular weight is 335 g/mol. The molecule has 0 bridgehead atoms. The Balaban J connectivity index is 2.74. The maximum absolute atomic E-state index is 11.9. The zero-order valence-corrected chi connectivity index (χ0v) is 13.2. The van der Waals surface area contributed by atoms with Gasteiger partial charge in [-0.3, -0.25) is 4.79 Å². The molecule has 1 aromatic rings. The van der Waals surface area contributed by atoms with Crippen molar-refractivity contribution in [2.75, 3.05) is 12.0 Å². The molecule has 0 aliphatic heterocycles. The molecule has 0 saturated heterocycles. The standard InChI is InChI=1S/C11H17N3O5S2/c1-6(12)10-14-8(5-20-10)9(15)13-7(11(16)17)3-4-21(2,18)19/h5-7H,3-4,12H2,1-2H3,(H,13,15)(H,16,17). The molecule has 1 amide bonds. The van der Waals surface area contributed by atoms with Crippen molar-refractivity contribution >= 4 is 33.1 Å². The van der Waals surface area contributed by atoms with E-state index >= 15 is 0 Å². The SMILES string of the molecule is CC(N)c1nc(C(=O)NC(CCS(C)(=O)=O)C(=O)O)cs1. The molecule has 0 aliphatic carbocycles. The largest absolute Gasteiger partial charge is 0.480 e. The minimum Gasteiger partial charge on any atom is -0.480 e. The van der Waals surface area contributed by atoms with Gasteiger partial charge in [-0.25, -0.2) is 18.2 Å². The van der Waals surface area contributed by atoms with E-state index in [0.29, 0.717) is 5.01 Å². The monoisotopic (exact) mass is 335 g/mol. The predicted octanol–water partition coefficient (Wildman–Crippen LogP) is -0.219. The third-order valence-corrected chi connectivity index (χ3v) is 4.55. The number of carboxylic acids is 1. The number of carbonyl (C=O) groups is 2. The van der Waals surface area contributed by atoms with Gasteiger partial charge in [-0.05, 0) is 13.3 Å². The molecule has 118 valence electrons. The molecule has 2 unspecified atom stereocenters. The highest BCUT2D eigenvalue weighted by Gasteiger charge is 2.23. The number of hydrogen-bond acceptors (Lipinski definition) is 7. The van der Waals surface area contributed by atoms with Gasteiger partial charge in [0.1, 0.15) is 26.6 Å². The van der Waals surface area contributed by atoms with Crippen LogP contribution in [0, 0.1) is 0 Å². The zero-order valence-electron chi connectivity index (χ0n) is 11.6. The fraction of sp³-hybridized carbons (Fsp3) is 0.545. The Morgan fingerprint density at radius 3 is 2.57 bits per heavy atom. The van der Waals surface area contributed by atoms with Gasteiger partial charge in [-0.15, -0.1) is 11.3 Å². The van der Waals surface area contributed by atoms with Crippen LogP contribution in [0.15, 0.2) is 5.38 Å². The number of amides is 1. The van der Waals surface area contributed by atoms with E-state index in [-0.39, 0.29) is 23.9 Å². The molecule has 1 aromatic heterocycles. The van der Waals surface area contributed by atoms with Crippen molar-refractivity contribution in [2.45, 2.75) is 25.4 Å². The Morgan fingerprint density at radius 2 is 2.14 bits per heavy atom. The number of hydrogen-bond donors (Lipinski definition) is 3. The molecule has 0 radical (unpaired) electrons. The molecular weight excluding hydrogens is 318 g/mol. The van der Waals surface area contributed by atoms with Crippen LogP contribution in [0.3, 0.4) is 0 Å². The smallest absolute Gasteiger partial charge is 0.326 e. The van der Waals surface area contributed by atoms with Crippen LogP contribution in [0.2, 0.25) is 0 Å². The molecular formula is C11H17N3O5S2. The molecule has 2 atom stereocenters. The number of nitrogens with one attached hydrogen (secondary N) is 1. The highest BCUT2D eigenvalue weighted by Crippen LogP contribution is 2.15. The van der Waals surface area contributed by atoms with E-state index in [1.54, 1.807) is 6.92 Å². The van der Waals surface area contributed by atoms with Crippen LogP contribution in [-0.4, -0.2) is 48.4 Å². The van der Waals surface area contributed by atoms with Crippen LogP contribution in [0.1, 0.15) is 34.9 Å². The van der Waals surface area contributed by atoms with Crippen molar-refractivity contribution < 1.29 is 23.1 Å². The van der Waals surface area contributed by atoms with Crippen molar-refractivity contribution in [1.82, 2.24) is 10.3 Å². The number of carboxylic acid groups (broad SMARTS) is 1. The molecule has 1 rings (SSSR count). The fourth-order valence-electron chi connectivity index (χ4n) is 1.42. The van der Waals surface area contributed by atoms with E-state index in [4.69, 9.17) is 10.8 Å². The van der Waals surface area contributed by atoms with E-state index in [1.807, 2.05) is 0 Å². The third-order valence-electron chi connectivity index (χ3n) is 2.52. The number of nitrogens with two attached hydrogens (primary N) is 1. The summed E-state index contributed by atoms with van der Waals surface area (Å²) >= 11 is 1.20. The van der Waals surface area contributed by atoms with E-state index in [0.717, 1.165) is 6.26 Å². The van der Waals surface area contributed by atoms with Gasteiger partial charge < -0.3 is 16.2 Å².